The summed E-state index contributed by atoms with van der Waals surface area (Å²) in [4.78, 5) is 26.7. The zero-order chi connectivity index (χ0) is 20.3. The summed E-state index contributed by atoms with van der Waals surface area (Å²) in [6.45, 7) is 8.48. The van der Waals surface area contributed by atoms with Crippen LogP contribution >= 0.6 is 0 Å². The predicted octanol–water partition coefficient (Wildman–Crippen LogP) is 2.89. The first-order valence-corrected chi connectivity index (χ1v) is 10.1. The Labute approximate surface area is 165 Å². The number of amides is 1. The Kier molecular flexibility index (Phi) is 6.39. The molecule has 1 aromatic heterocycles. The minimum atomic E-state index is -0.632. The van der Waals surface area contributed by atoms with Crippen molar-refractivity contribution in [3.8, 4) is 5.75 Å². The average molecular weight is 386 g/mol. The average Bonchev–Trinajstić information content (AvgIpc) is 2.65. The van der Waals surface area contributed by atoms with E-state index in [0.717, 1.165) is 42.4 Å². The lowest BCUT2D eigenvalue weighted by atomic mass is 9.97. The Hall–Kier alpha value is -2.34. The van der Waals surface area contributed by atoms with Crippen LogP contribution in [0.5, 0.6) is 5.75 Å². The standard InChI is InChI=1S/C22H30N2O4/c1-5-17-12-20(25)28-19-11-14(2)10-18(21(17)19)27-15(3)22(26)23-13-16-6-8-24(4)9-7-16/h10-12,15-16H,5-9,13H2,1-4H3,(H,23,26). The molecule has 2 heterocycles. The van der Waals surface area contributed by atoms with Crippen molar-refractivity contribution in [2.45, 2.75) is 46.1 Å². The fourth-order valence-electron chi connectivity index (χ4n) is 3.74. The van der Waals surface area contributed by atoms with Gasteiger partial charge in [0.1, 0.15) is 11.3 Å². The van der Waals surface area contributed by atoms with Gasteiger partial charge in [-0.25, -0.2) is 4.79 Å². The van der Waals surface area contributed by atoms with E-state index < -0.39 is 6.10 Å². The van der Waals surface area contributed by atoms with Gasteiger partial charge in [0.15, 0.2) is 6.10 Å². The number of aryl methyl sites for hydroxylation is 2. The zero-order valence-corrected chi connectivity index (χ0v) is 17.2. The smallest absolute Gasteiger partial charge is 0.336 e. The van der Waals surface area contributed by atoms with Crippen LogP contribution in [-0.2, 0) is 11.2 Å². The summed E-state index contributed by atoms with van der Waals surface area (Å²) in [5.41, 5.74) is 1.90. The molecule has 1 saturated heterocycles. The Morgan fingerprint density at radius 3 is 2.71 bits per heavy atom. The normalized spacial score (nSPS) is 16.9. The highest BCUT2D eigenvalue weighted by atomic mass is 16.5. The molecule has 1 aliphatic heterocycles. The van der Waals surface area contributed by atoms with Gasteiger partial charge in [0, 0.05) is 12.6 Å². The van der Waals surface area contributed by atoms with Crippen molar-refractivity contribution in [1.29, 1.82) is 0 Å². The van der Waals surface area contributed by atoms with Crippen molar-refractivity contribution in [1.82, 2.24) is 10.2 Å². The molecule has 1 aliphatic rings. The largest absolute Gasteiger partial charge is 0.480 e. The van der Waals surface area contributed by atoms with Gasteiger partial charge in [-0.05, 0) is 82.4 Å². The van der Waals surface area contributed by atoms with Crippen LogP contribution in [0.3, 0.4) is 0 Å². The molecule has 0 spiro atoms. The first-order valence-electron chi connectivity index (χ1n) is 10.1. The minimum absolute atomic E-state index is 0.121. The number of piperidine rings is 1. The maximum absolute atomic E-state index is 12.6. The van der Waals surface area contributed by atoms with Gasteiger partial charge in [-0.15, -0.1) is 0 Å². The van der Waals surface area contributed by atoms with Gasteiger partial charge in [0.2, 0.25) is 0 Å². The number of hydrogen-bond acceptors (Lipinski definition) is 5. The molecule has 0 radical (unpaired) electrons. The van der Waals surface area contributed by atoms with Gasteiger partial charge in [-0.1, -0.05) is 6.92 Å². The number of nitrogens with one attached hydrogen (secondary N) is 1. The molecule has 3 rings (SSSR count). The van der Waals surface area contributed by atoms with Crippen molar-refractivity contribution in [2.24, 2.45) is 5.92 Å². The second kappa shape index (κ2) is 8.78. The first kappa shape index (κ1) is 20.4. The lowest BCUT2D eigenvalue weighted by molar-refractivity contribution is -0.127. The van der Waals surface area contributed by atoms with Gasteiger partial charge in [0.05, 0.1) is 5.39 Å². The Bertz CT molecular complexity index is 897. The summed E-state index contributed by atoms with van der Waals surface area (Å²) in [5, 5.41) is 3.80. The fraction of sp³-hybridized carbons (Fsp3) is 0.545. The predicted molar refractivity (Wildman–Crippen MR) is 110 cm³/mol. The summed E-state index contributed by atoms with van der Waals surface area (Å²) in [6, 6.07) is 5.21. The maximum atomic E-state index is 12.6. The fourth-order valence-corrected chi connectivity index (χ4v) is 3.74. The highest BCUT2D eigenvalue weighted by molar-refractivity contribution is 5.88. The second-order valence-corrected chi connectivity index (χ2v) is 7.83. The molecule has 6 nitrogen and oxygen atoms in total. The molecule has 1 fully saturated rings. The van der Waals surface area contributed by atoms with Crippen LogP contribution in [0.1, 0.15) is 37.8 Å². The van der Waals surface area contributed by atoms with Crippen LogP contribution in [0.25, 0.3) is 11.0 Å². The molecule has 0 aliphatic carbocycles. The third-order valence-electron chi connectivity index (χ3n) is 5.49. The lowest BCUT2D eigenvalue weighted by Crippen LogP contribution is -2.41. The molecule has 6 heteroatoms. The summed E-state index contributed by atoms with van der Waals surface area (Å²) >= 11 is 0. The van der Waals surface area contributed by atoms with Crippen molar-refractivity contribution in [3.63, 3.8) is 0 Å². The third kappa shape index (κ3) is 4.73. The number of carbonyl (C=O) groups is 1. The lowest BCUT2D eigenvalue weighted by Gasteiger charge is -2.29. The summed E-state index contributed by atoms with van der Waals surface area (Å²) < 4.78 is 11.4. The van der Waals surface area contributed by atoms with Gasteiger partial charge in [-0.3, -0.25) is 4.79 Å². The van der Waals surface area contributed by atoms with E-state index in [0.29, 0.717) is 30.2 Å². The zero-order valence-electron chi connectivity index (χ0n) is 17.2. The summed E-state index contributed by atoms with van der Waals surface area (Å²) in [7, 11) is 2.13. The number of fused-ring (bicyclic) bond motifs is 1. The van der Waals surface area contributed by atoms with Crippen LogP contribution in [-0.4, -0.2) is 43.6 Å². The van der Waals surface area contributed by atoms with Crippen molar-refractivity contribution in [3.05, 3.63) is 39.7 Å². The van der Waals surface area contributed by atoms with Crippen LogP contribution < -0.4 is 15.7 Å². The molecule has 2 aromatic rings. The maximum Gasteiger partial charge on any atom is 0.336 e. The highest BCUT2D eigenvalue weighted by Gasteiger charge is 2.21. The molecule has 152 valence electrons. The number of carbonyl (C=O) groups excluding carboxylic acids is 1. The van der Waals surface area contributed by atoms with E-state index in [1.165, 1.54) is 6.07 Å². The molecule has 1 unspecified atom stereocenters. The quantitative estimate of drug-likeness (QED) is 0.773. The molecular formula is C22H30N2O4. The highest BCUT2D eigenvalue weighted by Crippen LogP contribution is 2.31. The Balaban J connectivity index is 1.72. The summed E-state index contributed by atoms with van der Waals surface area (Å²) in [6.07, 6.45) is 2.26. The number of benzene rings is 1. The molecular weight excluding hydrogens is 356 g/mol. The van der Waals surface area contributed by atoms with E-state index in [2.05, 4.69) is 17.3 Å². The number of ether oxygens (including phenoxy) is 1. The molecule has 0 saturated carbocycles. The van der Waals surface area contributed by atoms with E-state index >= 15 is 0 Å². The van der Waals surface area contributed by atoms with Crippen molar-refractivity contribution < 1.29 is 13.9 Å². The van der Waals surface area contributed by atoms with Crippen molar-refractivity contribution >= 4 is 16.9 Å². The molecule has 28 heavy (non-hydrogen) atoms. The van der Waals surface area contributed by atoms with Crippen LogP contribution in [0.4, 0.5) is 0 Å². The van der Waals surface area contributed by atoms with Gasteiger partial charge in [0.25, 0.3) is 5.91 Å². The molecule has 1 amide bonds. The second-order valence-electron chi connectivity index (χ2n) is 7.83. The third-order valence-corrected chi connectivity index (χ3v) is 5.49. The van der Waals surface area contributed by atoms with Gasteiger partial charge in [-0.2, -0.15) is 0 Å². The SMILES string of the molecule is CCc1cc(=O)oc2cc(C)cc(OC(C)C(=O)NCC3CCN(C)CC3)c12. The molecule has 1 aromatic carbocycles. The minimum Gasteiger partial charge on any atom is -0.480 e. The monoisotopic (exact) mass is 386 g/mol. The molecule has 1 atom stereocenters. The van der Waals surface area contributed by atoms with Crippen LogP contribution in [0.15, 0.2) is 27.4 Å². The molecule has 0 bridgehead atoms. The number of likely N-dealkylation sites (tertiary alicyclic amines) is 1. The Morgan fingerprint density at radius 1 is 1.32 bits per heavy atom. The molecule has 1 N–H and O–H groups in total. The van der Waals surface area contributed by atoms with Gasteiger partial charge < -0.3 is 19.4 Å². The van der Waals surface area contributed by atoms with E-state index in [-0.39, 0.29) is 11.5 Å². The van der Waals surface area contributed by atoms with Crippen molar-refractivity contribution in [2.75, 3.05) is 26.7 Å². The van der Waals surface area contributed by atoms with E-state index in [9.17, 15) is 9.59 Å². The van der Waals surface area contributed by atoms with E-state index in [1.54, 1.807) is 6.92 Å². The number of hydrogen-bond donors (Lipinski definition) is 1. The van der Waals surface area contributed by atoms with Gasteiger partial charge >= 0.3 is 5.63 Å². The Morgan fingerprint density at radius 2 is 2.04 bits per heavy atom. The number of rotatable bonds is 6. The van der Waals surface area contributed by atoms with E-state index in [4.69, 9.17) is 9.15 Å². The number of nitrogens with zero attached hydrogens (tertiary/aromatic N) is 1. The van der Waals surface area contributed by atoms with Crippen LogP contribution in [0, 0.1) is 12.8 Å². The van der Waals surface area contributed by atoms with Crippen LogP contribution in [0.2, 0.25) is 0 Å². The van der Waals surface area contributed by atoms with E-state index in [1.807, 2.05) is 26.0 Å². The topological polar surface area (TPSA) is 71.8 Å². The first-order chi connectivity index (χ1) is 13.4. The summed E-state index contributed by atoms with van der Waals surface area (Å²) in [5.74, 6) is 0.981.